The SMILES string of the molecule is O=S1(=O)CCC(c2ccc(F)cc2)=N1. The van der Waals surface area contributed by atoms with Crippen LogP contribution in [0.15, 0.2) is 28.7 Å². The third-order valence-electron chi connectivity index (χ3n) is 2.02. The molecule has 0 aliphatic carbocycles. The van der Waals surface area contributed by atoms with Crippen molar-refractivity contribution in [2.75, 3.05) is 5.75 Å². The molecule has 1 aromatic rings. The van der Waals surface area contributed by atoms with Crippen LogP contribution in [0.1, 0.15) is 12.0 Å². The normalized spacial score (nSPS) is 19.4. The highest BCUT2D eigenvalue weighted by Crippen LogP contribution is 2.15. The fourth-order valence-corrected chi connectivity index (χ4v) is 2.40. The van der Waals surface area contributed by atoms with Gasteiger partial charge < -0.3 is 0 Å². The smallest absolute Gasteiger partial charge is 0.207 e. The molecular formula is C9H8FNO2S. The zero-order chi connectivity index (χ0) is 10.2. The van der Waals surface area contributed by atoms with Crippen LogP contribution in [0.2, 0.25) is 0 Å². The predicted octanol–water partition coefficient (Wildman–Crippen LogP) is 1.35. The van der Waals surface area contributed by atoms with Crippen molar-refractivity contribution >= 4 is 15.7 Å². The maximum atomic E-state index is 12.6. The van der Waals surface area contributed by atoms with E-state index >= 15 is 0 Å². The zero-order valence-electron chi connectivity index (χ0n) is 7.27. The van der Waals surface area contributed by atoms with Gasteiger partial charge in [0.2, 0.25) is 0 Å². The fourth-order valence-electron chi connectivity index (χ4n) is 1.32. The molecule has 3 nitrogen and oxygen atoms in total. The molecule has 0 radical (unpaired) electrons. The van der Waals surface area contributed by atoms with Crippen LogP contribution in [0.5, 0.6) is 0 Å². The topological polar surface area (TPSA) is 46.5 Å². The van der Waals surface area contributed by atoms with E-state index < -0.39 is 10.0 Å². The second kappa shape index (κ2) is 3.16. The molecule has 0 atom stereocenters. The van der Waals surface area contributed by atoms with Crippen molar-refractivity contribution in [1.82, 2.24) is 0 Å². The van der Waals surface area contributed by atoms with Crippen LogP contribution in [0.3, 0.4) is 0 Å². The molecule has 0 amide bonds. The van der Waals surface area contributed by atoms with Gasteiger partial charge in [0.05, 0.1) is 11.5 Å². The van der Waals surface area contributed by atoms with Gasteiger partial charge in [-0.1, -0.05) is 12.1 Å². The van der Waals surface area contributed by atoms with Gasteiger partial charge in [0, 0.05) is 6.42 Å². The molecule has 1 aliphatic rings. The molecular weight excluding hydrogens is 205 g/mol. The van der Waals surface area contributed by atoms with Crippen LogP contribution in [0, 0.1) is 5.82 Å². The number of rotatable bonds is 1. The molecule has 0 unspecified atom stereocenters. The minimum atomic E-state index is -3.26. The molecule has 0 saturated heterocycles. The molecule has 1 heterocycles. The third-order valence-corrected chi connectivity index (χ3v) is 3.24. The highest BCUT2D eigenvalue weighted by Gasteiger charge is 2.20. The largest absolute Gasteiger partial charge is 0.253 e. The van der Waals surface area contributed by atoms with Crippen molar-refractivity contribution in [3.8, 4) is 0 Å². The molecule has 1 aromatic carbocycles. The summed E-state index contributed by atoms with van der Waals surface area (Å²) < 4.78 is 38.2. The first-order chi connectivity index (χ1) is 6.57. The van der Waals surface area contributed by atoms with Crippen LogP contribution >= 0.6 is 0 Å². The molecule has 0 aromatic heterocycles. The Labute approximate surface area is 81.3 Å². The van der Waals surface area contributed by atoms with Crippen molar-refractivity contribution in [2.45, 2.75) is 6.42 Å². The Morgan fingerprint density at radius 1 is 1.21 bits per heavy atom. The molecule has 74 valence electrons. The van der Waals surface area contributed by atoms with Crippen molar-refractivity contribution in [3.05, 3.63) is 35.6 Å². The van der Waals surface area contributed by atoms with E-state index in [2.05, 4.69) is 4.40 Å². The van der Waals surface area contributed by atoms with Crippen molar-refractivity contribution in [2.24, 2.45) is 4.40 Å². The Kier molecular flexibility index (Phi) is 2.11. The van der Waals surface area contributed by atoms with Gasteiger partial charge in [0.1, 0.15) is 5.82 Å². The lowest BCUT2D eigenvalue weighted by atomic mass is 10.1. The summed E-state index contributed by atoms with van der Waals surface area (Å²) >= 11 is 0. The monoisotopic (exact) mass is 213 g/mol. The van der Waals surface area contributed by atoms with Gasteiger partial charge >= 0.3 is 0 Å². The summed E-state index contributed by atoms with van der Waals surface area (Å²) in [6.07, 6.45) is 0.411. The summed E-state index contributed by atoms with van der Waals surface area (Å²) in [4.78, 5) is 0. The second-order valence-electron chi connectivity index (χ2n) is 3.08. The Morgan fingerprint density at radius 2 is 1.86 bits per heavy atom. The number of hydrogen-bond acceptors (Lipinski definition) is 2. The quantitative estimate of drug-likeness (QED) is 0.706. The Balaban J connectivity index is 2.38. The van der Waals surface area contributed by atoms with Gasteiger partial charge in [-0.2, -0.15) is 4.40 Å². The van der Waals surface area contributed by atoms with Gasteiger partial charge in [-0.25, -0.2) is 12.8 Å². The highest BCUT2D eigenvalue weighted by atomic mass is 32.2. The molecule has 0 saturated carbocycles. The van der Waals surface area contributed by atoms with Gasteiger partial charge in [-0.15, -0.1) is 0 Å². The van der Waals surface area contributed by atoms with E-state index in [1.54, 1.807) is 0 Å². The number of nitrogens with zero attached hydrogens (tertiary/aromatic N) is 1. The summed E-state index contributed by atoms with van der Waals surface area (Å²) in [5, 5.41) is 0. The van der Waals surface area contributed by atoms with E-state index in [9.17, 15) is 12.8 Å². The molecule has 2 rings (SSSR count). The number of sulfonamides is 1. The molecule has 1 aliphatic heterocycles. The first kappa shape index (κ1) is 9.33. The second-order valence-corrected chi connectivity index (χ2v) is 4.84. The average molecular weight is 213 g/mol. The molecule has 0 bridgehead atoms. The summed E-state index contributed by atoms with van der Waals surface area (Å²) in [7, 11) is -3.26. The van der Waals surface area contributed by atoms with Crippen LogP contribution in [0.4, 0.5) is 4.39 Å². The van der Waals surface area contributed by atoms with Crippen molar-refractivity contribution in [3.63, 3.8) is 0 Å². The molecule has 5 heteroatoms. The minimum absolute atomic E-state index is 0.0553. The van der Waals surface area contributed by atoms with Crippen LogP contribution < -0.4 is 0 Å². The zero-order valence-corrected chi connectivity index (χ0v) is 8.09. The number of hydrogen-bond donors (Lipinski definition) is 0. The van der Waals surface area contributed by atoms with E-state index in [1.807, 2.05) is 0 Å². The molecule has 0 fully saturated rings. The molecule has 0 N–H and O–H groups in total. The average Bonchev–Trinajstić information content (AvgIpc) is 2.47. The van der Waals surface area contributed by atoms with E-state index in [1.165, 1.54) is 24.3 Å². The van der Waals surface area contributed by atoms with E-state index in [4.69, 9.17) is 0 Å². The Bertz CT molecular complexity index is 476. The Hall–Kier alpha value is -1.23. The number of halogens is 1. The van der Waals surface area contributed by atoms with Crippen LogP contribution in [0.25, 0.3) is 0 Å². The summed E-state index contributed by atoms with van der Waals surface area (Å²) in [5.74, 6) is -0.283. The lowest BCUT2D eigenvalue weighted by Crippen LogP contribution is -1.96. The van der Waals surface area contributed by atoms with E-state index in [0.29, 0.717) is 17.7 Å². The van der Waals surface area contributed by atoms with Gasteiger partial charge in [0.25, 0.3) is 10.0 Å². The summed E-state index contributed by atoms with van der Waals surface area (Å²) in [6.45, 7) is 0. The van der Waals surface area contributed by atoms with E-state index in [0.717, 1.165) is 0 Å². The third kappa shape index (κ3) is 1.82. The molecule has 14 heavy (non-hydrogen) atoms. The summed E-state index contributed by atoms with van der Waals surface area (Å²) in [6, 6.07) is 5.66. The van der Waals surface area contributed by atoms with Gasteiger partial charge in [-0.3, -0.25) is 0 Å². The van der Waals surface area contributed by atoms with E-state index in [-0.39, 0.29) is 11.6 Å². The number of benzene rings is 1. The standard InChI is InChI=1S/C9H8FNO2S/c10-8-3-1-7(2-4-8)9-5-6-14(12,13)11-9/h1-4H,5-6H2. The predicted molar refractivity (Wildman–Crippen MR) is 51.3 cm³/mol. The lowest BCUT2D eigenvalue weighted by molar-refractivity contribution is 0.600. The first-order valence-electron chi connectivity index (χ1n) is 4.14. The maximum Gasteiger partial charge on any atom is 0.253 e. The van der Waals surface area contributed by atoms with Crippen LogP contribution in [-0.2, 0) is 10.0 Å². The maximum absolute atomic E-state index is 12.6. The first-order valence-corrected chi connectivity index (χ1v) is 5.75. The fraction of sp³-hybridized carbons (Fsp3) is 0.222. The van der Waals surface area contributed by atoms with Crippen molar-refractivity contribution in [1.29, 1.82) is 0 Å². The lowest BCUT2D eigenvalue weighted by Gasteiger charge is -1.97. The highest BCUT2D eigenvalue weighted by molar-refractivity contribution is 7.90. The summed E-state index contributed by atoms with van der Waals surface area (Å²) in [5.41, 5.74) is 1.19. The van der Waals surface area contributed by atoms with Gasteiger partial charge in [-0.05, 0) is 17.7 Å². The van der Waals surface area contributed by atoms with Gasteiger partial charge in [0.15, 0.2) is 0 Å². The van der Waals surface area contributed by atoms with Crippen molar-refractivity contribution < 1.29 is 12.8 Å². The Morgan fingerprint density at radius 3 is 2.36 bits per heavy atom. The minimum Gasteiger partial charge on any atom is -0.207 e. The van der Waals surface area contributed by atoms with Crippen LogP contribution in [-0.4, -0.2) is 19.9 Å². The molecule has 0 spiro atoms.